The number of nitro groups is 1. The Morgan fingerprint density at radius 2 is 2.15 bits per heavy atom. The average molecular weight is 278 g/mol. The van der Waals surface area contributed by atoms with Gasteiger partial charge < -0.3 is 10.6 Å². The van der Waals surface area contributed by atoms with Crippen molar-refractivity contribution in [2.24, 2.45) is 11.7 Å². The molecule has 2 rings (SSSR count). The largest absolute Gasteiger partial charge is 0.356 e. The molecule has 6 heteroatoms. The summed E-state index contributed by atoms with van der Waals surface area (Å²) in [7, 11) is 2.01. The number of anilines is 1. The van der Waals surface area contributed by atoms with E-state index in [1.54, 1.807) is 13.0 Å². The van der Waals surface area contributed by atoms with Crippen molar-refractivity contribution < 1.29 is 4.92 Å². The number of hydrogen-bond acceptors (Lipinski definition) is 5. The summed E-state index contributed by atoms with van der Waals surface area (Å²) in [6.07, 6.45) is 4.70. The molecular formula is C14H22N4O2. The molecule has 0 saturated heterocycles. The molecular weight excluding hydrogens is 256 g/mol. The maximum absolute atomic E-state index is 10.8. The molecule has 20 heavy (non-hydrogen) atoms. The molecule has 1 aliphatic rings. The van der Waals surface area contributed by atoms with Crippen molar-refractivity contribution in [2.75, 3.05) is 18.5 Å². The Balaban J connectivity index is 2.21. The van der Waals surface area contributed by atoms with Crippen LogP contribution in [0, 0.1) is 23.0 Å². The number of pyridine rings is 1. The molecule has 1 aromatic rings. The van der Waals surface area contributed by atoms with E-state index < -0.39 is 4.92 Å². The number of rotatable bonds is 4. The highest BCUT2D eigenvalue weighted by atomic mass is 16.6. The van der Waals surface area contributed by atoms with Crippen molar-refractivity contribution in [3.05, 3.63) is 27.9 Å². The molecule has 1 aromatic heterocycles. The van der Waals surface area contributed by atoms with Crippen molar-refractivity contribution in [2.45, 2.75) is 38.6 Å². The van der Waals surface area contributed by atoms with Crippen molar-refractivity contribution in [3.63, 3.8) is 0 Å². The Morgan fingerprint density at radius 3 is 2.75 bits per heavy atom. The lowest BCUT2D eigenvalue weighted by atomic mass is 9.84. The Hall–Kier alpha value is -1.69. The lowest BCUT2D eigenvalue weighted by Gasteiger charge is -2.38. The molecule has 2 N–H and O–H groups in total. The van der Waals surface area contributed by atoms with Crippen molar-refractivity contribution >= 4 is 11.5 Å². The zero-order valence-corrected chi connectivity index (χ0v) is 12.1. The third-order valence-electron chi connectivity index (χ3n) is 4.27. The molecule has 1 saturated carbocycles. The van der Waals surface area contributed by atoms with Gasteiger partial charge in [0.1, 0.15) is 11.5 Å². The topological polar surface area (TPSA) is 85.3 Å². The number of aryl methyl sites for hydroxylation is 1. The zero-order chi connectivity index (χ0) is 14.7. The summed E-state index contributed by atoms with van der Waals surface area (Å²) in [4.78, 5) is 17.0. The maximum Gasteiger partial charge on any atom is 0.290 e. The SMILES string of the molecule is Cc1nc(N(C)C2CCCCC2CN)ccc1[N+](=O)[O-]. The minimum absolute atomic E-state index is 0.0705. The highest BCUT2D eigenvalue weighted by Crippen LogP contribution is 2.30. The van der Waals surface area contributed by atoms with Gasteiger partial charge >= 0.3 is 0 Å². The molecule has 0 bridgehead atoms. The second-order valence-electron chi connectivity index (χ2n) is 5.49. The molecule has 6 nitrogen and oxygen atoms in total. The van der Waals surface area contributed by atoms with E-state index in [2.05, 4.69) is 9.88 Å². The lowest BCUT2D eigenvalue weighted by Crippen LogP contribution is -2.43. The molecule has 1 aliphatic carbocycles. The molecule has 2 unspecified atom stereocenters. The van der Waals surface area contributed by atoms with Crippen LogP contribution < -0.4 is 10.6 Å². The van der Waals surface area contributed by atoms with Gasteiger partial charge in [0.05, 0.1) is 4.92 Å². The minimum atomic E-state index is -0.393. The van der Waals surface area contributed by atoms with E-state index in [4.69, 9.17) is 5.73 Å². The van der Waals surface area contributed by atoms with E-state index in [1.165, 1.54) is 18.9 Å². The summed E-state index contributed by atoms with van der Waals surface area (Å²) in [5, 5.41) is 10.8. The number of hydrogen-bond donors (Lipinski definition) is 1. The quantitative estimate of drug-likeness (QED) is 0.674. The first-order chi connectivity index (χ1) is 9.54. The van der Waals surface area contributed by atoms with Gasteiger partial charge in [-0.2, -0.15) is 0 Å². The first-order valence-corrected chi connectivity index (χ1v) is 7.09. The van der Waals surface area contributed by atoms with E-state index in [1.807, 2.05) is 7.05 Å². The molecule has 1 fully saturated rings. The summed E-state index contributed by atoms with van der Waals surface area (Å²) < 4.78 is 0. The number of nitrogens with zero attached hydrogens (tertiary/aromatic N) is 3. The van der Waals surface area contributed by atoms with E-state index in [9.17, 15) is 10.1 Å². The van der Waals surface area contributed by atoms with Crippen molar-refractivity contribution in [3.8, 4) is 0 Å². The summed E-state index contributed by atoms with van der Waals surface area (Å²) in [5.74, 6) is 1.27. The first kappa shape index (κ1) is 14.7. The van der Waals surface area contributed by atoms with Gasteiger partial charge in [0.2, 0.25) is 0 Å². The van der Waals surface area contributed by atoms with Gasteiger partial charge in [0.25, 0.3) is 5.69 Å². The number of nitrogens with two attached hydrogens (primary N) is 1. The summed E-state index contributed by atoms with van der Waals surface area (Å²) in [6.45, 7) is 2.36. The van der Waals surface area contributed by atoms with Crippen LogP contribution in [0.25, 0.3) is 0 Å². The molecule has 0 aliphatic heterocycles. The Morgan fingerprint density at radius 1 is 1.45 bits per heavy atom. The van der Waals surface area contributed by atoms with E-state index in [0.717, 1.165) is 18.7 Å². The zero-order valence-electron chi connectivity index (χ0n) is 12.1. The fourth-order valence-corrected chi connectivity index (χ4v) is 3.07. The van der Waals surface area contributed by atoms with Crippen LogP contribution in [0.2, 0.25) is 0 Å². The third-order valence-corrected chi connectivity index (χ3v) is 4.27. The second kappa shape index (κ2) is 6.17. The molecule has 2 atom stereocenters. The Labute approximate surface area is 119 Å². The summed E-state index contributed by atoms with van der Waals surface area (Å²) in [5.41, 5.74) is 6.40. The fourth-order valence-electron chi connectivity index (χ4n) is 3.07. The molecule has 0 amide bonds. The van der Waals surface area contributed by atoms with Crippen LogP contribution in [0.1, 0.15) is 31.4 Å². The monoisotopic (exact) mass is 278 g/mol. The lowest BCUT2D eigenvalue weighted by molar-refractivity contribution is -0.385. The van der Waals surface area contributed by atoms with Crippen LogP contribution in [0.5, 0.6) is 0 Å². The fraction of sp³-hybridized carbons (Fsp3) is 0.643. The summed E-state index contributed by atoms with van der Waals surface area (Å²) in [6, 6.07) is 3.64. The smallest absolute Gasteiger partial charge is 0.290 e. The minimum Gasteiger partial charge on any atom is -0.356 e. The van der Waals surface area contributed by atoms with Gasteiger partial charge in [-0.15, -0.1) is 0 Å². The highest BCUT2D eigenvalue weighted by molar-refractivity contribution is 5.47. The van der Waals surface area contributed by atoms with E-state index in [0.29, 0.717) is 24.2 Å². The van der Waals surface area contributed by atoms with Gasteiger partial charge in [-0.3, -0.25) is 10.1 Å². The van der Waals surface area contributed by atoms with Crippen LogP contribution in [-0.4, -0.2) is 29.5 Å². The van der Waals surface area contributed by atoms with E-state index >= 15 is 0 Å². The second-order valence-corrected chi connectivity index (χ2v) is 5.49. The van der Waals surface area contributed by atoms with Crippen LogP contribution in [-0.2, 0) is 0 Å². The van der Waals surface area contributed by atoms with Gasteiger partial charge in [-0.1, -0.05) is 12.8 Å². The van der Waals surface area contributed by atoms with Crippen LogP contribution in [0.3, 0.4) is 0 Å². The van der Waals surface area contributed by atoms with Gasteiger partial charge in [0, 0.05) is 19.2 Å². The van der Waals surface area contributed by atoms with Crippen LogP contribution in [0.4, 0.5) is 11.5 Å². The molecule has 1 heterocycles. The normalized spacial score (nSPS) is 22.6. The predicted molar refractivity (Wildman–Crippen MR) is 78.8 cm³/mol. The predicted octanol–water partition coefficient (Wildman–Crippen LogP) is 2.25. The maximum atomic E-state index is 10.8. The Bertz CT molecular complexity index is 492. The molecule has 0 spiro atoms. The van der Waals surface area contributed by atoms with Crippen molar-refractivity contribution in [1.82, 2.24) is 4.98 Å². The van der Waals surface area contributed by atoms with Crippen LogP contribution in [0.15, 0.2) is 12.1 Å². The average Bonchev–Trinajstić information content (AvgIpc) is 2.45. The molecule has 0 radical (unpaired) electrons. The van der Waals surface area contributed by atoms with Crippen molar-refractivity contribution in [1.29, 1.82) is 0 Å². The molecule has 110 valence electrons. The molecule has 0 aromatic carbocycles. The Kier molecular flexibility index (Phi) is 4.54. The van der Waals surface area contributed by atoms with Gasteiger partial charge in [-0.05, 0) is 38.3 Å². The standard InChI is InChI=1S/C14H22N4O2/c1-10-12(18(19)20)7-8-14(16-10)17(2)13-6-4-3-5-11(13)9-15/h7-8,11,13H,3-6,9,15H2,1-2H3. The van der Waals surface area contributed by atoms with E-state index in [-0.39, 0.29) is 5.69 Å². The third kappa shape index (κ3) is 2.90. The first-order valence-electron chi connectivity index (χ1n) is 7.09. The summed E-state index contributed by atoms with van der Waals surface area (Å²) >= 11 is 0. The van der Waals surface area contributed by atoms with Gasteiger partial charge in [0.15, 0.2) is 0 Å². The van der Waals surface area contributed by atoms with Gasteiger partial charge in [-0.25, -0.2) is 4.98 Å². The number of aromatic nitrogens is 1. The van der Waals surface area contributed by atoms with Crippen LogP contribution >= 0.6 is 0 Å². The highest BCUT2D eigenvalue weighted by Gasteiger charge is 2.28.